The van der Waals surface area contributed by atoms with Crippen LogP contribution in [0.2, 0.25) is 5.02 Å². The van der Waals surface area contributed by atoms with Crippen molar-refractivity contribution in [1.82, 2.24) is 5.32 Å². The van der Waals surface area contributed by atoms with E-state index in [-0.39, 0.29) is 12.4 Å². The summed E-state index contributed by atoms with van der Waals surface area (Å²) >= 11 is 6.01. The Balaban J connectivity index is 0.00000128. The third-order valence-corrected chi connectivity index (χ3v) is 2.94. The van der Waals surface area contributed by atoms with Gasteiger partial charge in [-0.15, -0.1) is 12.4 Å². The van der Waals surface area contributed by atoms with E-state index in [1.165, 1.54) is 18.4 Å². The highest BCUT2D eigenvalue weighted by atomic mass is 35.5. The second kappa shape index (κ2) is 6.33. The molecule has 0 radical (unpaired) electrons. The first-order chi connectivity index (χ1) is 7.31. The molecule has 0 spiro atoms. The molecule has 1 atom stereocenters. The van der Waals surface area contributed by atoms with E-state index in [9.17, 15) is 0 Å². The minimum absolute atomic E-state index is 0. The van der Waals surface area contributed by atoms with Crippen molar-refractivity contribution in [2.75, 3.05) is 13.2 Å². The summed E-state index contributed by atoms with van der Waals surface area (Å²) in [6.07, 6.45) is 2.39. The Bertz CT molecular complexity index is 338. The van der Waals surface area contributed by atoms with Gasteiger partial charge in [-0.25, -0.2) is 0 Å². The molecule has 1 aliphatic heterocycles. The molecule has 4 heteroatoms. The van der Waals surface area contributed by atoms with Gasteiger partial charge in [-0.05, 0) is 44.5 Å². The quantitative estimate of drug-likeness (QED) is 0.898. The van der Waals surface area contributed by atoms with Crippen LogP contribution in [0.3, 0.4) is 0 Å². The molecule has 1 aliphatic rings. The van der Waals surface area contributed by atoms with Gasteiger partial charge in [-0.2, -0.15) is 0 Å². The highest BCUT2D eigenvalue weighted by Gasteiger charge is 2.20. The van der Waals surface area contributed by atoms with Gasteiger partial charge in [0, 0.05) is 16.6 Å². The summed E-state index contributed by atoms with van der Waals surface area (Å²) in [5.41, 5.74) is 1.20. The summed E-state index contributed by atoms with van der Waals surface area (Å²) in [6.45, 7) is 3.78. The molecule has 0 amide bonds. The molecular formula is C12H17Cl2NO. The maximum absolute atomic E-state index is 6.01. The zero-order valence-electron chi connectivity index (χ0n) is 9.33. The van der Waals surface area contributed by atoms with Crippen molar-refractivity contribution in [3.63, 3.8) is 0 Å². The Labute approximate surface area is 108 Å². The molecule has 0 aromatic heterocycles. The van der Waals surface area contributed by atoms with Crippen molar-refractivity contribution < 1.29 is 4.74 Å². The van der Waals surface area contributed by atoms with Gasteiger partial charge >= 0.3 is 0 Å². The predicted molar refractivity (Wildman–Crippen MR) is 69.8 cm³/mol. The molecule has 0 aliphatic carbocycles. The standard InChI is InChI=1S/C12H16ClNO.ClH/c1-2-15-12-6-5-9(13)8-10(12)11-4-3-7-14-11;/h5-6,8,11,14H,2-4,7H2,1H3;1H. The molecule has 16 heavy (non-hydrogen) atoms. The van der Waals surface area contributed by atoms with Gasteiger partial charge in [-0.1, -0.05) is 11.6 Å². The highest BCUT2D eigenvalue weighted by Crippen LogP contribution is 2.32. The Hall–Kier alpha value is -0.440. The molecule has 0 bridgehead atoms. The van der Waals surface area contributed by atoms with E-state index in [0.717, 1.165) is 17.3 Å². The van der Waals surface area contributed by atoms with Gasteiger partial charge in [0.05, 0.1) is 6.61 Å². The summed E-state index contributed by atoms with van der Waals surface area (Å²) in [5.74, 6) is 0.960. The first kappa shape index (κ1) is 13.6. The number of ether oxygens (including phenoxy) is 1. The topological polar surface area (TPSA) is 21.3 Å². The molecular weight excluding hydrogens is 245 g/mol. The molecule has 2 nitrogen and oxygen atoms in total. The number of hydrogen-bond acceptors (Lipinski definition) is 2. The monoisotopic (exact) mass is 261 g/mol. The third kappa shape index (κ3) is 3.03. The zero-order chi connectivity index (χ0) is 10.7. The molecule has 1 heterocycles. The molecule has 1 aromatic rings. The molecule has 1 N–H and O–H groups in total. The van der Waals surface area contributed by atoms with Crippen LogP contribution in [0, 0.1) is 0 Å². The maximum Gasteiger partial charge on any atom is 0.124 e. The average molecular weight is 262 g/mol. The molecule has 1 aromatic carbocycles. The fraction of sp³-hybridized carbons (Fsp3) is 0.500. The smallest absolute Gasteiger partial charge is 0.124 e. The Morgan fingerprint density at radius 2 is 2.31 bits per heavy atom. The number of nitrogens with one attached hydrogen (secondary N) is 1. The van der Waals surface area contributed by atoms with Crippen LogP contribution in [0.15, 0.2) is 18.2 Å². The SMILES string of the molecule is CCOc1ccc(Cl)cc1C1CCCN1.Cl. The summed E-state index contributed by atoms with van der Waals surface area (Å²) < 4.78 is 5.61. The molecule has 2 rings (SSSR count). The number of halogens is 2. The first-order valence-corrected chi connectivity index (χ1v) is 5.84. The van der Waals surface area contributed by atoms with E-state index in [1.54, 1.807) is 0 Å². The lowest BCUT2D eigenvalue weighted by Gasteiger charge is -2.16. The lowest BCUT2D eigenvalue weighted by molar-refractivity contribution is 0.333. The van der Waals surface area contributed by atoms with Gasteiger partial charge in [0.15, 0.2) is 0 Å². The summed E-state index contributed by atoms with van der Waals surface area (Å²) in [5, 5.41) is 4.24. The number of rotatable bonds is 3. The molecule has 0 saturated carbocycles. The van der Waals surface area contributed by atoms with Crippen LogP contribution in [-0.2, 0) is 0 Å². The van der Waals surface area contributed by atoms with Gasteiger partial charge in [-0.3, -0.25) is 0 Å². The predicted octanol–water partition coefficient (Wildman–Crippen LogP) is 3.59. The fourth-order valence-corrected chi connectivity index (χ4v) is 2.21. The van der Waals surface area contributed by atoms with Crippen LogP contribution < -0.4 is 10.1 Å². The Kier molecular flexibility index (Phi) is 5.39. The molecule has 90 valence electrons. The maximum atomic E-state index is 6.01. The normalized spacial score (nSPS) is 19.2. The largest absolute Gasteiger partial charge is 0.494 e. The van der Waals surface area contributed by atoms with Crippen molar-refractivity contribution in [2.24, 2.45) is 0 Å². The van der Waals surface area contributed by atoms with Gasteiger partial charge in [0.1, 0.15) is 5.75 Å². The minimum atomic E-state index is 0. The van der Waals surface area contributed by atoms with Crippen LogP contribution >= 0.6 is 24.0 Å². The van der Waals surface area contributed by atoms with Crippen molar-refractivity contribution in [1.29, 1.82) is 0 Å². The number of benzene rings is 1. The van der Waals surface area contributed by atoms with Crippen molar-refractivity contribution in [3.8, 4) is 5.75 Å². The van der Waals surface area contributed by atoms with Crippen LogP contribution in [0.1, 0.15) is 31.4 Å². The van der Waals surface area contributed by atoms with Crippen LogP contribution in [0.5, 0.6) is 5.75 Å². The average Bonchev–Trinajstić information content (AvgIpc) is 2.74. The molecule has 1 fully saturated rings. The lowest BCUT2D eigenvalue weighted by Crippen LogP contribution is -2.14. The summed E-state index contributed by atoms with van der Waals surface area (Å²) in [4.78, 5) is 0. The molecule has 1 unspecified atom stereocenters. The lowest BCUT2D eigenvalue weighted by atomic mass is 10.0. The minimum Gasteiger partial charge on any atom is -0.494 e. The van der Waals surface area contributed by atoms with Gasteiger partial charge in [0.2, 0.25) is 0 Å². The highest BCUT2D eigenvalue weighted by molar-refractivity contribution is 6.30. The zero-order valence-corrected chi connectivity index (χ0v) is 10.9. The van der Waals surface area contributed by atoms with E-state index >= 15 is 0 Å². The second-order valence-electron chi connectivity index (χ2n) is 3.76. The molecule has 1 saturated heterocycles. The van der Waals surface area contributed by atoms with E-state index in [4.69, 9.17) is 16.3 Å². The van der Waals surface area contributed by atoms with Crippen molar-refractivity contribution in [3.05, 3.63) is 28.8 Å². The Morgan fingerprint density at radius 1 is 1.50 bits per heavy atom. The van der Waals surface area contributed by atoms with Crippen molar-refractivity contribution >= 4 is 24.0 Å². The second-order valence-corrected chi connectivity index (χ2v) is 4.20. The summed E-state index contributed by atoms with van der Waals surface area (Å²) in [7, 11) is 0. The van der Waals surface area contributed by atoms with Gasteiger partial charge in [0.25, 0.3) is 0 Å². The van der Waals surface area contributed by atoms with Crippen LogP contribution in [0.4, 0.5) is 0 Å². The summed E-state index contributed by atoms with van der Waals surface area (Å²) in [6, 6.07) is 6.26. The van der Waals surface area contributed by atoms with E-state index in [2.05, 4.69) is 5.32 Å². The van der Waals surface area contributed by atoms with E-state index in [1.807, 2.05) is 25.1 Å². The van der Waals surface area contributed by atoms with Crippen LogP contribution in [0.25, 0.3) is 0 Å². The van der Waals surface area contributed by atoms with Crippen LogP contribution in [-0.4, -0.2) is 13.2 Å². The third-order valence-electron chi connectivity index (χ3n) is 2.71. The number of hydrogen-bond donors (Lipinski definition) is 1. The van der Waals surface area contributed by atoms with E-state index < -0.39 is 0 Å². The van der Waals surface area contributed by atoms with E-state index in [0.29, 0.717) is 12.6 Å². The first-order valence-electron chi connectivity index (χ1n) is 5.47. The van der Waals surface area contributed by atoms with Gasteiger partial charge < -0.3 is 10.1 Å². The Morgan fingerprint density at radius 3 is 2.94 bits per heavy atom. The fourth-order valence-electron chi connectivity index (χ4n) is 2.03. The van der Waals surface area contributed by atoms with Crippen molar-refractivity contribution in [2.45, 2.75) is 25.8 Å².